The molecule has 0 radical (unpaired) electrons. The summed E-state index contributed by atoms with van der Waals surface area (Å²) in [6.07, 6.45) is 1.02. The fourth-order valence-corrected chi connectivity index (χ4v) is 4.27. The van der Waals surface area contributed by atoms with Gasteiger partial charge in [-0.1, -0.05) is 15.9 Å². The molecule has 1 aliphatic rings. The number of hydrogen-bond acceptors (Lipinski definition) is 3. The van der Waals surface area contributed by atoms with Gasteiger partial charge in [0, 0.05) is 30.0 Å². The summed E-state index contributed by atoms with van der Waals surface area (Å²) in [5.74, 6) is -0.589. The number of amides is 1. The van der Waals surface area contributed by atoms with Crippen molar-refractivity contribution >= 4 is 31.9 Å². The minimum absolute atomic E-state index is 0.0817. The Bertz CT molecular complexity index is 653. The van der Waals surface area contributed by atoms with E-state index in [4.69, 9.17) is 0 Å². The van der Waals surface area contributed by atoms with Crippen LogP contribution in [0.2, 0.25) is 0 Å². The Morgan fingerprint density at radius 2 is 2.00 bits per heavy atom. The minimum Gasteiger partial charge on any atom is -0.352 e. The SMILES string of the molecule is CCS(=O)(=O)N1CCC(C(=O)NCc2cc(F)cc(Br)c2)CC1. The Balaban J connectivity index is 1.86. The molecule has 0 spiro atoms. The molecule has 1 aromatic rings. The second-order valence-corrected chi connectivity index (χ2v) is 8.74. The van der Waals surface area contributed by atoms with E-state index in [1.54, 1.807) is 13.0 Å². The highest BCUT2D eigenvalue weighted by Gasteiger charge is 2.29. The molecule has 8 heteroatoms. The second kappa shape index (κ2) is 7.72. The van der Waals surface area contributed by atoms with E-state index in [2.05, 4.69) is 21.2 Å². The fraction of sp³-hybridized carbons (Fsp3) is 0.533. The van der Waals surface area contributed by atoms with Crippen LogP contribution in [0.1, 0.15) is 25.3 Å². The predicted octanol–water partition coefficient (Wildman–Crippen LogP) is 2.27. The molecule has 0 unspecified atom stereocenters. The van der Waals surface area contributed by atoms with Crippen molar-refractivity contribution in [2.24, 2.45) is 5.92 Å². The number of nitrogens with zero attached hydrogens (tertiary/aromatic N) is 1. The van der Waals surface area contributed by atoms with Crippen LogP contribution in [-0.4, -0.2) is 37.5 Å². The van der Waals surface area contributed by atoms with Gasteiger partial charge in [0.25, 0.3) is 0 Å². The van der Waals surface area contributed by atoms with Crippen LogP contribution in [-0.2, 0) is 21.4 Å². The molecule has 1 amide bonds. The number of halogens is 2. The Kier molecular flexibility index (Phi) is 6.16. The van der Waals surface area contributed by atoms with Gasteiger partial charge >= 0.3 is 0 Å². The largest absolute Gasteiger partial charge is 0.352 e. The normalized spacial score (nSPS) is 17.2. The van der Waals surface area contributed by atoms with Gasteiger partial charge in [-0.3, -0.25) is 4.79 Å². The Morgan fingerprint density at radius 1 is 1.35 bits per heavy atom. The predicted molar refractivity (Wildman–Crippen MR) is 89.7 cm³/mol. The molecule has 1 saturated heterocycles. The van der Waals surface area contributed by atoms with Crippen molar-refractivity contribution in [2.45, 2.75) is 26.3 Å². The first-order chi connectivity index (χ1) is 10.8. The molecule has 1 aliphatic heterocycles. The lowest BCUT2D eigenvalue weighted by atomic mass is 9.97. The maximum Gasteiger partial charge on any atom is 0.223 e. The van der Waals surface area contributed by atoms with Gasteiger partial charge in [-0.2, -0.15) is 0 Å². The summed E-state index contributed by atoms with van der Waals surface area (Å²) in [6.45, 7) is 2.62. The lowest BCUT2D eigenvalue weighted by Gasteiger charge is -2.30. The highest BCUT2D eigenvalue weighted by molar-refractivity contribution is 9.10. The summed E-state index contributed by atoms with van der Waals surface area (Å²) in [5.41, 5.74) is 0.677. The smallest absolute Gasteiger partial charge is 0.223 e. The Hall–Kier alpha value is -0.990. The maximum absolute atomic E-state index is 13.3. The molecule has 0 aromatic heterocycles. The number of nitrogens with one attached hydrogen (secondary N) is 1. The summed E-state index contributed by atoms with van der Waals surface area (Å²) >= 11 is 3.21. The Morgan fingerprint density at radius 3 is 2.57 bits per heavy atom. The number of piperidine rings is 1. The van der Waals surface area contributed by atoms with E-state index in [1.807, 2.05) is 0 Å². The number of benzene rings is 1. The fourth-order valence-electron chi connectivity index (χ4n) is 2.63. The average molecular weight is 407 g/mol. The molecule has 1 aromatic carbocycles. The van der Waals surface area contributed by atoms with Crippen LogP contribution in [0.3, 0.4) is 0 Å². The summed E-state index contributed by atoms with van der Waals surface area (Å²) < 4.78 is 38.9. The maximum atomic E-state index is 13.3. The van der Waals surface area contributed by atoms with Crippen LogP contribution >= 0.6 is 15.9 Å². The molecule has 1 fully saturated rings. The van der Waals surface area contributed by atoms with Crippen LogP contribution < -0.4 is 5.32 Å². The number of sulfonamides is 1. The molecule has 0 bridgehead atoms. The van der Waals surface area contributed by atoms with Gasteiger partial charge in [0.15, 0.2) is 0 Å². The van der Waals surface area contributed by atoms with Gasteiger partial charge in [-0.15, -0.1) is 0 Å². The topological polar surface area (TPSA) is 66.5 Å². The number of rotatable bonds is 5. The van der Waals surface area contributed by atoms with E-state index in [-0.39, 0.29) is 29.9 Å². The van der Waals surface area contributed by atoms with E-state index in [9.17, 15) is 17.6 Å². The molecule has 0 saturated carbocycles. The van der Waals surface area contributed by atoms with Crippen LogP contribution in [0.25, 0.3) is 0 Å². The minimum atomic E-state index is -3.18. The molecule has 0 aliphatic carbocycles. The molecular formula is C15H20BrFN2O3S. The van der Waals surface area contributed by atoms with Crippen molar-refractivity contribution in [1.82, 2.24) is 9.62 Å². The molecular weight excluding hydrogens is 387 g/mol. The van der Waals surface area contributed by atoms with Crippen LogP contribution in [0.4, 0.5) is 4.39 Å². The number of hydrogen-bond donors (Lipinski definition) is 1. The van der Waals surface area contributed by atoms with E-state index in [0.717, 1.165) is 0 Å². The van der Waals surface area contributed by atoms with Crippen molar-refractivity contribution < 1.29 is 17.6 Å². The zero-order chi connectivity index (χ0) is 17.0. The summed E-state index contributed by atoms with van der Waals surface area (Å²) in [6, 6.07) is 4.48. The first-order valence-electron chi connectivity index (χ1n) is 7.52. The van der Waals surface area contributed by atoms with Crippen molar-refractivity contribution in [3.63, 3.8) is 0 Å². The third-order valence-corrected chi connectivity index (χ3v) is 6.31. The van der Waals surface area contributed by atoms with Crippen molar-refractivity contribution in [3.8, 4) is 0 Å². The van der Waals surface area contributed by atoms with E-state index in [1.165, 1.54) is 16.4 Å². The number of carbonyl (C=O) groups excluding carboxylic acids is 1. The highest BCUT2D eigenvalue weighted by Crippen LogP contribution is 2.20. The standard InChI is InChI=1S/C15H20BrFN2O3S/c1-2-23(21,22)19-5-3-12(4-6-19)15(20)18-10-11-7-13(16)9-14(17)8-11/h7-9,12H,2-6,10H2,1H3,(H,18,20). The van der Waals surface area contributed by atoms with Crippen molar-refractivity contribution in [1.29, 1.82) is 0 Å². The molecule has 23 heavy (non-hydrogen) atoms. The monoisotopic (exact) mass is 406 g/mol. The summed E-state index contributed by atoms with van der Waals surface area (Å²) in [7, 11) is -3.18. The number of carbonyl (C=O) groups is 1. The first-order valence-corrected chi connectivity index (χ1v) is 9.92. The average Bonchev–Trinajstić information content (AvgIpc) is 2.52. The first kappa shape index (κ1) is 18.4. The van der Waals surface area contributed by atoms with Crippen LogP contribution in [0, 0.1) is 11.7 Å². The summed E-state index contributed by atoms with van der Waals surface area (Å²) in [4.78, 5) is 12.2. The molecule has 0 atom stereocenters. The van der Waals surface area contributed by atoms with E-state index >= 15 is 0 Å². The van der Waals surface area contributed by atoms with Crippen molar-refractivity contribution in [2.75, 3.05) is 18.8 Å². The lowest BCUT2D eigenvalue weighted by molar-refractivity contribution is -0.126. The molecule has 1 heterocycles. The van der Waals surface area contributed by atoms with E-state index < -0.39 is 10.0 Å². The molecule has 2 rings (SSSR count). The van der Waals surface area contributed by atoms with Gasteiger partial charge in [0.1, 0.15) is 5.82 Å². The quantitative estimate of drug-likeness (QED) is 0.815. The van der Waals surface area contributed by atoms with Gasteiger partial charge in [-0.05, 0) is 43.5 Å². The van der Waals surface area contributed by atoms with Crippen molar-refractivity contribution in [3.05, 3.63) is 34.1 Å². The molecule has 128 valence electrons. The molecule has 5 nitrogen and oxygen atoms in total. The third kappa shape index (κ3) is 4.99. The third-order valence-electron chi connectivity index (χ3n) is 3.97. The van der Waals surface area contributed by atoms with Gasteiger partial charge in [0.05, 0.1) is 5.75 Å². The van der Waals surface area contributed by atoms with Crippen LogP contribution in [0.5, 0.6) is 0 Å². The Labute approximate surface area is 144 Å². The van der Waals surface area contributed by atoms with Gasteiger partial charge in [-0.25, -0.2) is 17.1 Å². The highest BCUT2D eigenvalue weighted by atomic mass is 79.9. The van der Waals surface area contributed by atoms with Gasteiger partial charge in [0.2, 0.25) is 15.9 Å². The van der Waals surface area contributed by atoms with Gasteiger partial charge < -0.3 is 5.32 Å². The van der Waals surface area contributed by atoms with E-state index in [0.29, 0.717) is 36.0 Å². The summed E-state index contributed by atoms with van der Waals surface area (Å²) in [5, 5.41) is 2.80. The zero-order valence-corrected chi connectivity index (χ0v) is 15.3. The molecule has 1 N–H and O–H groups in total. The lowest BCUT2D eigenvalue weighted by Crippen LogP contribution is -2.43. The zero-order valence-electron chi connectivity index (χ0n) is 12.9. The van der Waals surface area contributed by atoms with Crippen LogP contribution in [0.15, 0.2) is 22.7 Å². The second-order valence-electron chi connectivity index (χ2n) is 5.57.